The summed E-state index contributed by atoms with van der Waals surface area (Å²) >= 11 is 7.39. The Morgan fingerprint density at radius 1 is 1.09 bits per heavy atom. The van der Waals surface area contributed by atoms with Crippen molar-refractivity contribution in [1.29, 1.82) is 0 Å². The Hall–Kier alpha value is -3.75. The van der Waals surface area contributed by atoms with Gasteiger partial charge in [0.2, 0.25) is 5.91 Å². The molecule has 0 radical (unpaired) electrons. The Balaban J connectivity index is 1.47. The van der Waals surface area contributed by atoms with E-state index in [-0.39, 0.29) is 24.0 Å². The van der Waals surface area contributed by atoms with Gasteiger partial charge in [0.05, 0.1) is 35.9 Å². The molecule has 2 amide bonds. The predicted octanol–water partition coefficient (Wildman–Crippen LogP) is 6.11. The minimum atomic E-state index is -0.588. The molecule has 1 aromatic heterocycles. The molecule has 0 fully saturated rings. The Bertz CT molecular complexity index is 1350. The number of nitrogens with one attached hydrogen (secondary N) is 2. The van der Waals surface area contributed by atoms with Gasteiger partial charge in [-0.15, -0.1) is 11.3 Å². The molecule has 9 heteroatoms. The van der Waals surface area contributed by atoms with Crippen molar-refractivity contribution < 1.29 is 18.7 Å². The van der Waals surface area contributed by atoms with E-state index in [9.17, 15) is 14.0 Å². The molecule has 0 aliphatic rings. The van der Waals surface area contributed by atoms with Crippen LogP contribution in [0.1, 0.15) is 28.4 Å². The van der Waals surface area contributed by atoms with Gasteiger partial charge in [0.25, 0.3) is 5.91 Å². The van der Waals surface area contributed by atoms with Crippen molar-refractivity contribution in [2.24, 2.45) is 0 Å². The van der Waals surface area contributed by atoms with Crippen LogP contribution in [0.5, 0.6) is 5.75 Å². The summed E-state index contributed by atoms with van der Waals surface area (Å²) in [6, 6.07) is 19.9. The first-order valence-corrected chi connectivity index (χ1v) is 11.9. The number of hydrogen-bond acceptors (Lipinski definition) is 5. The number of benzene rings is 3. The molecular formula is C26H21ClFN3O3S. The number of halogens is 2. The van der Waals surface area contributed by atoms with Crippen molar-refractivity contribution in [2.75, 3.05) is 12.4 Å². The van der Waals surface area contributed by atoms with Gasteiger partial charge in [0, 0.05) is 10.9 Å². The fourth-order valence-corrected chi connectivity index (χ4v) is 4.42. The highest BCUT2D eigenvalue weighted by Crippen LogP contribution is 2.29. The monoisotopic (exact) mass is 509 g/mol. The van der Waals surface area contributed by atoms with Crippen molar-refractivity contribution >= 4 is 39.9 Å². The average Bonchev–Trinajstić information content (AvgIpc) is 3.32. The molecule has 178 valence electrons. The average molecular weight is 510 g/mol. The molecule has 0 spiro atoms. The van der Waals surface area contributed by atoms with Crippen molar-refractivity contribution in [3.8, 4) is 17.0 Å². The SMILES string of the molecule is COc1ccc(-c2csc(NC(=O)CC(NC(=O)c3ccccc3Cl)c3ccccc3)n2)cc1F. The molecule has 0 aliphatic heterocycles. The smallest absolute Gasteiger partial charge is 0.253 e. The molecule has 6 nitrogen and oxygen atoms in total. The Kier molecular flexibility index (Phi) is 7.74. The summed E-state index contributed by atoms with van der Waals surface area (Å²) in [4.78, 5) is 30.1. The van der Waals surface area contributed by atoms with E-state index in [1.54, 1.807) is 35.7 Å². The zero-order valence-electron chi connectivity index (χ0n) is 18.6. The number of rotatable bonds is 8. The van der Waals surface area contributed by atoms with Gasteiger partial charge in [0.15, 0.2) is 16.7 Å². The van der Waals surface area contributed by atoms with E-state index in [2.05, 4.69) is 15.6 Å². The third kappa shape index (κ3) is 6.03. The molecule has 1 unspecified atom stereocenters. The number of ether oxygens (including phenoxy) is 1. The molecule has 0 bridgehead atoms. The second kappa shape index (κ2) is 11.1. The van der Waals surface area contributed by atoms with Gasteiger partial charge in [-0.3, -0.25) is 9.59 Å². The van der Waals surface area contributed by atoms with E-state index < -0.39 is 11.9 Å². The van der Waals surface area contributed by atoms with Gasteiger partial charge in [-0.1, -0.05) is 54.1 Å². The van der Waals surface area contributed by atoms with Crippen LogP contribution in [0.2, 0.25) is 5.02 Å². The van der Waals surface area contributed by atoms with E-state index >= 15 is 0 Å². The first-order valence-electron chi connectivity index (χ1n) is 10.6. The largest absolute Gasteiger partial charge is 0.494 e. The number of anilines is 1. The number of hydrogen-bond donors (Lipinski definition) is 2. The lowest BCUT2D eigenvalue weighted by molar-refractivity contribution is -0.116. The van der Waals surface area contributed by atoms with Crippen LogP contribution in [0.3, 0.4) is 0 Å². The Morgan fingerprint density at radius 2 is 1.83 bits per heavy atom. The minimum absolute atomic E-state index is 0.0215. The van der Waals surface area contributed by atoms with Gasteiger partial charge in [-0.05, 0) is 35.9 Å². The van der Waals surface area contributed by atoms with Crippen molar-refractivity contribution in [3.05, 3.63) is 100 Å². The van der Waals surface area contributed by atoms with Gasteiger partial charge in [-0.25, -0.2) is 9.37 Å². The molecule has 1 atom stereocenters. The second-order valence-corrected chi connectivity index (χ2v) is 8.82. The van der Waals surface area contributed by atoms with Crippen LogP contribution in [0.4, 0.5) is 9.52 Å². The van der Waals surface area contributed by atoms with E-state index in [1.165, 1.54) is 30.6 Å². The summed E-state index contributed by atoms with van der Waals surface area (Å²) in [5, 5.41) is 8.09. The van der Waals surface area contributed by atoms with Crippen molar-refractivity contribution in [3.63, 3.8) is 0 Å². The highest BCUT2D eigenvalue weighted by Gasteiger charge is 2.21. The highest BCUT2D eigenvalue weighted by atomic mass is 35.5. The molecule has 1 heterocycles. The third-order valence-electron chi connectivity index (χ3n) is 5.21. The minimum Gasteiger partial charge on any atom is -0.494 e. The number of carbonyl (C=O) groups is 2. The third-order valence-corrected chi connectivity index (χ3v) is 6.30. The van der Waals surface area contributed by atoms with E-state index in [4.69, 9.17) is 16.3 Å². The summed E-state index contributed by atoms with van der Waals surface area (Å²) in [6.07, 6.45) is -0.0215. The van der Waals surface area contributed by atoms with Crippen LogP contribution >= 0.6 is 22.9 Å². The van der Waals surface area contributed by atoms with E-state index in [0.717, 1.165) is 5.56 Å². The molecule has 2 N–H and O–H groups in total. The lowest BCUT2D eigenvalue weighted by atomic mass is 10.0. The van der Waals surface area contributed by atoms with Crippen molar-refractivity contribution in [2.45, 2.75) is 12.5 Å². The van der Waals surface area contributed by atoms with Crippen molar-refractivity contribution in [1.82, 2.24) is 10.3 Å². The number of nitrogens with zero attached hydrogens (tertiary/aromatic N) is 1. The number of thiazole rings is 1. The lowest BCUT2D eigenvalue weighted by Crippen LogP contribution is -2.31. The maximum atomic E-state index is 14.0. The van der Waals surface area contributed by atoms with Gasteiger partial charge < -0.3 is 15.4 Å². The maximum Gasteiger partial charge on any atom is 0.253 e. The standard InChI is InChI=1S/C26H21ClFN3O3S/c1-34-23-12-11-17(13-20(23)28)22-15-35-26(30-22)31-24(32)14-21(16-7-3-2-4-8-16)29-25(33)18-9-5-6-10-19(18)27/h2-13,15,21H,14H2,1H3,(H,29,33)(H,30,31,32). The molecule has 3 aromatic carbocycles. The molecule has 0 saturated carbocycles. The predicted molar refractivity (Wildman–Crippen MR) is 135 cm³/mol. The van der Waals surface area contributed by atoms with Gasteiger partial charge in [0.1, 0.15) is 0 Å². The Labute approximate surface area is 210 Å². The first kappa shape index (κ1) is 24.4. The van der Waals surface area contributed by atoms with E-state index in [0.29, 0.717) is 27.0 Å². The zero-order chi connectivity index (χ0) is 24.8. The summed E-state index contributed by atoms with van der Waals surface area (Å²) in [5.41, 5.74) is 2.19. The summed E-state index contributed by atoms with van der Waals surface area (Å²) in [7, 11) is 1.40. The molecule has 4 aromatic rings. The van der Waals surface area contributed by atoms with Gasteiger partial charge >= 0.3 is 0 Å². The van der Waals surface area contributed by atoms with Crippen LogP contribution < -0.4 is 15.4 Å². The van der Waals surface area contributed by atoms with Crippen LogP contribution in [0, 0.1) is 5.82 Å². The molecular weight excluding hydrogens is 489 g/mol. The Morgan fingerprint density at radius 3 is 2.54 bits per heavy atom. The molecule has 4 rings (SSSR count). The van der Waals surface area contributed by atoms with Crippen LogP contribution in [0.15, 0.2) is 78.2 Å². The topological polar surface area (TPSA) is 80.3 Å². The number of methoxy groups -OCH3 is 1. The van der Waals surface area contributed by atoms with Crippen LogP contribution in [-0.2, 0) is 4.79 Å². The van der Waals surface area contributed by atoms with E-state index in [1.807, 2.05) is 30.3 Å². The first-order chi connectivity index (χ1) is 16.9. The fraction of sp³-hybridized carbons (Fsp3) is 0.115. The summed E-state index contributed by atoms with van der Waals surface area (Å²) < 4.78 is 19.0. The molecule has 0 saturated heterocycles. The fourth-order valence-electron chi connectivity index (χ4n) is 3.46. The lowest BCUT2D eigenvalue weighted by Gasteiger charge is -2.19. The summed E-state index contributed by atoms with van der Waals surface area (Å²) in [6.45, 7) is 0. The number of aromatic nitrogens is 1. The number of amides is 2. The quantitative estimate of drug-likeness (QED) is 0.300. The van der Waals surface area contributed by atoms with Crippen LogP contribution in [-0.4, -0.2) is 23.9 Å². The molecule has 35 heavy (non-hydrogen) atoms. The second-order valence-electron chi connectivity index (χ2n) is 7.56. The summed E-state index contributed by atoms with van der Waals surface area (Å²) in [5.74, 6) is -1.07. The maximum absolute atomic E-state index is 14.0. The number of carbonyl (C=O) groups excluding carboxylic acids is 2. The highest BCUT2D eigenvalue weighted by molar-refractivity contribution is 7.14. The molecule has 0 aliphatic carbocycles. The van der Waals surface area contributed by atoms with Crippen LogP contribution in [0.25, 0.3) is 11.3 Å². The van der Waals surface area contributed by atoms with Gasteiger partial charge in [-0.2, -0.15) is 0 Å². The zero-order valence-corrected chi connectivity index (χ0v) is 20.2. The normalized spacial score (nSPS) is 11.5.